The van der Waals surface area contributed by atoms with E-state index < -0.39 is 54.7 Å². The Bertz CT molecular complexity index is 526. The molecule has 0 spiro atoms. The molecule has 0 rings (SSSR count). The van der Waals surface area contributed by atoms with Gasteiger partial charge in [-0.1, -0.05) is 0 Å². The SMILES string of the molecule is NCCCCC(NC(=O)C(CC(=O)O)NC(=O)CNC(=O)CN)C(=O)O. The van der Waals surface area contributed by atoms with Gasteiger partial charge >= 0.3 is 11.9 Å². The average Bonchev–Trinajstić information content (AvgIpc) is 2.57. The molecule has 0 aromatic rings. The third-order valence-electron chi connectivity index (χ3n) is 3.22. The molecule has 2 atom stereocenters. The zero-order valence-corrected chi connectivity index (χ0v) is 14.2. The van der Waals surface area contributed by atoms with E-state index in [4.69, 9.17) is 21.7 Å². The van der Waals surface area contributed by atoms with Crippen molar-refractivity contribution in [1.29, 1.82) is 0 Å². The number of rotatable bonds is 13. The van der Waals surface area contributed by atoms with Gasteiger partial charge in [0.05, 0.1) is 19.5 Å². The van der Waals surface area contributed by atoms with E-state index in [-0.39, 0.29) is 13.0 Å². The molecular formula is C14H25N5O7. The maximum atomic E-state index is 12.2. The molecule has 26 heavy (non-hydrogen) atoms. The molecule has 0 fully saturated rings. The normalized spacial score (nSPS) is 12.5. The van der Waals surface area contributed by atoms with Gasteiger partial charge < -0.3 is 37.6 Å². The highest BCUT2D eigenvalue weighted by atomic mass is 16.4. The number of hydrogen-bond donors (Lipinski definition) is 7. The van der Waals surface area contributed by atoms with Crippen LogP contribution in [0.4, 0.5) is 0 Å². The monoisotopic (exact) mass is 375 g/mol. The van der Waals surface area contributed by atoms with Gasteiger partial charge in [0.25, 0.3) is 0 Å². The lowest BCUT2D eigenvalue weighted by Crippen LogP contribution is -2.53. The summed E-state index contributed by atoms with van der Waals surface area (Å²) in [6.45, 7) is -0.472. The Hall–Kier alpha value is -2.73. The standard InChI is InChI=1S/C14H25N5O7/c15-4-2-1-3-8(14(25)26)19-13(24)9(5-12(22)23)18-11(21)7-17-10(20)6-16/h8-9H,1-7,15-16H2,(H,17,20)(H,18,21)(H,19,24)(H,22,23)(H,25,26). The number of carbonyl (C=O) groups is 5. The minimum atomic E-state index is -1.49. The van der Waals surface area contributed by atoms with Crippen LogP contribution in [0.15, 0.2) is 0 Å². The topological polar surface area (TPSA) is 214 Å². The molecule has 0 saturated carbocycles. The number of carboxylic acid groups (broad SMARTS) is 2. The van der Waals surface area contributed by atoms with Gasteiger partial charge in [0.1, 0.15) is 12.1 Å². The summed E-state index contributed by atoms with van der Waals surface area (Å²) in [6.07, 6.45) is 0.376. The third kappa shape index (κ3) is 10.2. The zero-order valence-electron chi connectivity index (χ0n) is 14.2. The van der Waals surface area contributed by atoms with Crippen LogP contribution in [0.2, 0.25) is 0 Å². The first kappa shape index (κ1) is 23.3. The fourth-order valence-electron chi connectivity index (χ4n) is 1.90. The molecule has 0 heterocycles. The third-order valence-corrected chi connectivity index (χ3v) is 3.22. The molecule has 0 radical (unpaired) electrons. The average molecular weight is 375 g/mol. The summed E-state index contributed by atoms with van der Waals surface area (Å²) in [5, 5.41) is 24.5. The van der Waals surface area contributed by atoms with Crippen molar-refractivity contribution in [2.75, 3.05) is 19.6 Å². The Morgan fingerprint density at radius 1 is 0.885 bits per heavy atom. The quantitative estimate of drug-likeness (QED) is 0.160. The highest BCUT2D eigenvalue weighted by Crippen LogP contribution is 2.03. The van der Waals surface area contributed by atoms with Gasteiger partial charge in [0.2, 0.25) is 17.7 Å². The van der Waals surface area contributed by atoms with E-state index in [1.807, 2.05) is 0 Å². The van der Waals surface area contributed by atoms with Crippen molar-refractivity contribution >= 4 is 29.7 Å². The molecule has 0 aromatic heterocycles. The van der Waals surface area contributed by atoms with Crippen molar-refractivity contribution in [3.63, 3.8) is 0 Å². The number of carboxylic acids is 2. The van der Waals surface area contributed by atoms with Gasteiger partial charge in [0.15, 0.2) is 0 Å². The number of amides is 3. The molecule has 12 heteroatoms. The van der Waals surface area contributed by atoms with Gasteiger partial charge in [-0.25, -0.2) is 4.79 Å². The molecule has 12 nitrogen and oxygen atoms in total. The van der Waals surface area contributed by atoms with Crippen molar-refractivity contribution in [2.45, 2.75) is 37.8 Å². The summed E-state index contributed by atoms with van der Waals surface area (Å²) in [5.41, 5.74) is 10.4. The molecule has 0 aliphatic rings. The second-order valence-corrected chi connectivity index (χ2v) is 5.38. The van der Waals surface area contributed by atoms with E-state index in [1.54, 1.807) is 0 Å². The molecule has 2 unspecified atom stereocenters. The molecule has 148 valence electrons. The zero-order chi connectivity index (χ0) is 20.1. The number of nitrogens with two attached hydrogens (primary N) is 2. The number of hydrogen-bond acceptors (Lipinski definition) is 7. The Labute approximate surface area is 149 Å². The van der Waals surface area contributed by atoms with Gasteiger partial charge in [-0.3, -0.25) is 19.2 Å². The lowest BCUT2D eigenvalue weighted by Gasteiger charge is -2.20. The smallest absolute Gasteiger partial charge is 0.326 e. The maximum absolute atomic E-state index is 12.2. The summed E-state index contributed by atoms with van der Waals surface area (Å²) in [4.78, 5) is 57.0. The first-order valence-electron chi connectivity index (χ1n) is 7.92. The highest BCUT2D eigenvalue weighted by molar-refractivity contribution is 5.94. The van der Waals surface area contributed by atoms with Gasteiger partial charge in [-0.2, -0.15) is 0 Å². The summed E-state index contributed by atoms with van der Waals surface area (Å²) < 4.78 is 0. The summed E-state index contributed by atoms with van der Waals surface area (Å²) in [5.74, 6) is -5.03. The van der Waals surface area contributed by atoms with E-state index in [0.29, 0.717) is 19.4 Å². The Morgan fingerprint density at radius 3 is 2.04 bits per heavy atom. The predicted octanol–water partition coefficient (Wildman–Crippen LogP) is -3.28. The van der Waals surface area contributed by atoms with Gasteiger partial charge in [0, 0.05) is 0 Å². The molecule has 3 amide bonds. The van der Waals surface area contributed by atoms with Gasteiger partial charge in [-0.15, -0.1) is 0 Å². The van der Waals surface area contributed by atoms with Crippen molar-refractivity contribution in [3.8, 4) is 0 Å². The molecule has 0 bridgehead atoms. The molecule has 0 aliphatic carbocycles. The summed E-state index contributed by atoms with van der Waals surface area (Å²) in [6, 6.07) is -2.73. The van der Waals surface area contributed by atoms with Crippen LogP contribution >= 0.6 is 0 Å². The fourth-order valence-corrected chi connectivity index (χ4v) is 1.90. The van der Waals surface area contributed by atoms with E-state index in [0.717, 1.165) is 0 Å². The maximum Gasteiger partial charge on any atom is 0.326 e. The van der Waals surface area contributed by atoms with Crippen molar-refractivity contribution in [3.05, 3.63) is 0 Å². The molecular weight excluding hydrogens is 350 g/mol. The molecule has 0 aromatic carbocycles. The number of aliphatic carboxylic acids is 2. The Morgan fingerprint density at radius 2 is 1.54 bits per heavy atom. The van der Waals surface area contributed by atoms with E-state index in [9.17, 15) is 24.0 Å². The van der Waals surface area contributed by atoms with Crippen LogP contribution in [0.3, 0.4) is 0 Å². The summed E-state index contributed by atoms with van der Waals surface area (Å²) >= 11 is 0. The Kier molecular flexibility index (Phi) is 11.3. The van der Waals surface area contributed by atoms with Crippen LogP contribution in [-0.2, 0) is 24.0 Å². The van der Waals surface area contributed by atoms with Crippen molar-refractivity contribution < 1.29 is 34.2 Å². The first-order chi connectivity index (χ1) is 12.2. The predicted molar refractivity (Wildman–Crippen MR) is 88.7 cm³/mol. The fraction of sp³-hybridized carbons (Fsp3) is 0.643. The van der Waals surface area contributed by atoms with E-state index in [2.05, 4.69) is 16.0 Å². The van der Waals surface area contributed by atoms with Crippen molar-refractivity contribution in [1.82, 2.24) is 16.0 Å². The van der Waals surface area contributed by atoms with Crippen molar-refractivity contribution in [2.24, 2.45) is 11.5 Å². The van der Waals surface area contributed by atoms with Crippen LogP contribution < -0.4 is 27.4 Å². The van der Waals surface area contributed by atoms with Crippen LogP contribution in [0.5, 0.6) is 0 Å². The molecule has 0 aliphatic heterocycles. The van der Waals surface area contributed by atoms with E-state index >= 15 is 0 Å². The van der Waals surface area contributed by atoms with Crippen LogP contribution in [0.1, 0.15) is 25.7 Å². The van der Waals surface area contributed by atoms with Crippen LogP contribution in [0.25, 0.3) is 0 Å². The lowest BCUT2D eigenvalue weighted by molar-refractivity contribution is -0.143. The minimum Gasteiger partial charge on any atom is -0.481 e. The minimum absolute atomic E-state index is 0.110. The second-order valence-electron chi connectivity index (χ2n) is 5.38. The van der Waals surface area contributed by atoms with E-state index in [1.165, 1.54) is 0 Å². The number of carbonyl (C=O) groups excluding carboxylic acids is 3. The van der Waals surface area contributed by atoms with Crippen LogP contribution in [-0.4, -0.2) is 71.6 Å². The van der Waals surface area contributed by atoms with Crippen LogP contribution in [0, 0.1) is 0 Å². The number of nitrogens with one attached hydrogen (secondary N) is 3. The largest absolute Gasteiger partial charge is 0.481 e. The lowest BCUT2D eigenvalue weighted by atomic mass is 10.1. The Balaban J connectivity index is 4.83. The molecule has 0 saturated heterocycles. The molecule has 9 N–H and O–H groups in total. The summed E-state index contributed by atoms with van der Waals surface area (Å²) in [7, 11) is 0. The first-order valence-corrected chi connectivity index (χ1v) is 7.92. The number of unbranched alkanes of at least 4 members (excludes halogenated alkanes) is 1. The second kappa shape index (κ2) is 12.6. The van der Waals surface area contributed by atoms with Gasteiger partial charge in [-0.05, 0) is 25.8 Å². The highest BCUT2D eigenvalue weighted by Gasteiger charge is 2.28.